The lowest BCUT2D eigenvalue weighted by Gasteiger charge is -2.29. The summed E-state index contributed by atoms with van der Waals surface area (Å²) in [5.74, 6) is 0. The largest absolute Gasteiger partial charge is 0.330 e. The standard InChI is InChI=1S/C18H23BrN2/c1-15(17-9-5-10-18(19)13-17)21(12-6-11-20)14-16-7-3-2-4-8-16/h2-5,7-10,13,15H,6,11-12,14,20H2,1H3. The zero-order valence-corrected chi connectivity index (χ0v) is 14.1. The average molecular weight is 347 g/mol. The van der Waals surface area contributed by atoms with E-state index in [0.717, 1.165) is 30.5 Å². The number of hydrogen-bond donors (Lipinski definition) is 1. The normalized spacial score (nSPS) is 12.6. The summed E-state index contributed by atoms with van der Waals surface area (Å²) in [6, 6.07) is 19.5. The van der Waals surface area contributed by atoms with Crippen molar-refractivity contribution in [3.63, 3.8) is 0 Å². The Labute approximate surface area is 136 Å². The predicted octanol–water partition coefficient (Wildman–Crippen LogP) is 4.36. The van der Waals surface area contributed by atoms with Gasteiger partial charge in [-0.1, -0.05) is 58.4 Å². The molecule has 2 rings (SSSR count). The average Bonchev–Trinajstić information content (AvgIpc) is 2.51. The highest BCUT2D eigenvalue weighted by molar-refractivity contribution is 9.10. The molecular weight excluding hydrogens is 324 g/mol. The van der Waals surface area contributed by atoms with Gasteiger partial charge in [-0.05, 0) is 43.1 Å². The molecular formula is C18H23BrN2. The van der Waals surface area contributed by atoms with Crippen molar-refractivity contribution >= 4 is 15.9 Å². The smallest absolute Gasteiger partial charge is 0.0323 e. The predicted molar refractivity (Wildman–Crippen MR) is 93.1 cm³/mol. The van der Waals surface area contributed by atoms with Crippen molar-refractivity contribution in [2.75, 3.05) is 13.1 Å². The number of benzene rings is 2. The van der Waals surface area contributed by atoms with E-state index < -0.39 is 0 Å². The van der Waals surface area contributed by atoms with E-state index in [1.54, 1.807) is 0 Å². The Hall–Kier alpha value is -1.16. The van der Waals surface area contributed by atoms with Gasteiger partial charge in [-0.25, -0.2) is 0 Å². The second kappa shape index (κ2) is 8.32. The van der Waals surface area contributed by atoms with Crippen molar-refractivity contribution in [3.8, 4) is 0 Å². The molecule has 0 heterocycles. The summed E-state index contributed by atoms with van der Waals surface area (Å²) >= 11 is 3.56. The molecule has 0 aliphatic carbocycles. The molecule has 112 valence electrons. The Balaban J connectivity index is 2.14. The molecule has 2 aromatic rings. The van der Waals surface area contributed by atoms with Gasteiger partial charge < -0.3 is 5.73 Å². The minimum Gasteiger partial charge on any atom is -0.330 e. The Morgan fingerprint density at radius 3 is 2.52 bits per heavy atom. The van der Waals surface area contributed by atoms with Crippen LogP contribution in [0.2, 0.25) is 0 Å². The second-order valence-corrected chi connectivity index (χ2v) is 6.24. The van der Waals surface area contributed by atoms with Crippen molar-refractivity contribution in [2.24, 2.45) is 5.73 Å². The summed E-state index contributed by atoms with van der Waals surface area (Å²) < 4.78 is 1.13. The monoisotopic (exact) mass is 346 g/mol. The van der Waals surface area contributed by atoms with E-state index in [0.29, 0.717) is 6.04 Å². The molecule has 0 bridgehead atoms. The van der Waals surface area contributed by atoms with Crippen LogP contribution < -0.4 is 5.73 Å². The van der Waals surface area contributed by atoms with Crippen molar-refractivity contribution < 1.29 is 0 Å². The number of nitrogens with zero attached hydrogens (tertiary/aromatic N) is 1. The van der Waals surface area contributed by atoms with E-state index >= 15 is 0 Å². The Morgan fingerprint density at radius 1 is 1.10 bits per heavy atom. The second-order valence-electron chi connectivity index (χ2n) is 5.33. The van der Waals surface area contributed by atoms with Crippen LogP contribution >= 0.6 is 15.9 Å². The summed E-state index contributed by atoms with van der Waals surface area (Å²) in [7, 11) is 0. The topological polar surface area (TPSA) is 29.3 Å². The number of halogens is 1. The first-order valence-electron chi connectivity index (χ1n) is 7.44. The summed E-state index contributed by atoms with van der Waals surface area (Å²) in [5.41, 5.74) is 8.37. The van der Waals surface area contributed by atoms with Crippen LogP contribution in [0.4, 0.5) is 0 Å². The molecule has 0 amide bonds. The molecule has 3 heteroatoms. The molecule has 2 N–H and O–H groups in total. The number of nitrogens with two attached hydrogens (primary N) is 1. The van der Waals surface area contributed by atoms with Gasteiger partial charge in [-0.15, -0.1) is 0 Å². The van der Waals surface area contributed by atoms with Crippen molar-refractivity contribution in [1.29, 1.82) is 0 Å². The van der Waals surface area contributed by atoms with Crippen LogP contribution in [0.5, 0.6) is 0 Å². The van der Waals surface area contributed by atoms with Crippen LogP contribution in [0.1, 0.15) is 30.5 Å². The van der Waals surface area contributed by atoms with E-state index in [1.165, 1.54) is 11.1 Å². The third-order valence-electron chi connectivity index (χ3n) is 3.76. The highest BCUT2D eigenvalue weighted by Crippen LogP contribution is 2.25. The minimum absolute atomic E-state index is 0.370. The maximum atomic E-state index is 5.70. The van der Waals surface area contributed by atoms with Crippen molar-refractivity contribution in [1.82, 2.24) is 4.90 Å². The fraction of sp³-hybridized carbons (Fsp3) is 0.333. The highest BCUT2D eigenvalue weighted by Gasteiger charge is 2.15. The molecule has 0 fully saturated rings. The quantitative estimate of drug-likeness (QED) is 0.806. The number of rotatable bonds is 7. The molecule has 0 aliphatic heterocycles. The molecule has 0 saturated heterocycles. The van der Waals surface area contributed by atoms with Gasteiger partial charge in [0.05, 0.1) is 0 Å². The van der Waals surface area contributed by atoms with E-state index in [2.05, 4.69) is 82.4 Å². The lowest BCUT2D eigenvalue weighted by molar-refractivity contribution is 0.200. The molecule has 21 heavy (non-hydrogen) atoms. The fourth-order valence-corrected chi connectivity index (χ4v) is 2.92. The van der Waals surface area contributed by atoms with Crippen molar-refractivity contribution in [3.05, 3.63) is 70.2 Å². The maximum absolute atomic E-state index is 5.70. The maximum Gasteiger partial charge on any atom is 0.0323 e. The molecule has 0 spiro atoms. The van der Waals surface area contributed by atoms with Crippen LogP contribution in [0.3, 0.4) is 0 Å². The van der Waals surface area contributed by atoms with E-state index in [4.69, 9.17) is 5.73 Å². The molecule has 1 atom stereocenters. The van der Waals surface area contributed by atoms with E-state index in [-0.39, 0.29) is 0 Å². The number of hydrogen-bond acceptors (Lipinski definition) is 2. The molecule has 0 aliphatic rings. The summed E-state index contributed by atoms with van der Waals surface area (Å²) in [6.45, 7) is 4.96. The Kier molecular flexibility index (Phi) is 6.43. The van der Waals surface area contributed by atoms with Crippen LogP contribution in [-0.2, 0) is 6.54 Å². The van der Waals surface area contributed by atoms with Gasteiger partial charge in [-0.2, -0.15) is 0 Å². The van der Waals surface area contributed by atoms with Crippen LogP contribution in [-0.4, -0.2) is 18.0 Å². The van der Waals surface area contributed by atoms with Gasteiger partial charge in [0.15, 0.2) is 0 Å². The summed E-state index contributed by atoms with van der Waals surface area (Å²) in [5, 5.41) is 0. The van der Waals surface area contributed by atoms with Crippen LogP contribution in [0, 0.1) is 0 Å². The lowest BCUT2D eigenvalue weighted by atomic mass is 10.1. The Bertz CT molecular complexity index is 542. The SMILES string of the molecule is CC(c1cccc(Br)c1)N(CCCN)Cc1ccccc1. The third kappa shape index (κ3) is 4.95. The first-order valence-corrected chi connectivity index (χ1v) is 8.23. The first-order chi connectivity index (χ1) is 10.2. The third-order valence-corrected chi connectivity index (χ3v) is 4.25. The fourth-order valence-electron chi connectivity index (χ4n) is 2.50. The highest BCUT2D eigenvalue weighted by atomic mass is 79.9. The molecule has 1 unspecified atom stereocenters. The first kappa shape index (κ1) is 16.2. The van der Waals surface area contributed by atoms with Gasteiger partial charge >= 0.3 is 0 Å². The Morgan fingerprint density at radius 2 is 1.86 bits per heavy atom. The lowest BCUT2D eigenvalue weighted by Crippen LogP contribution is -2.29. The molecule has 2 nitrogen and oxygen atoms in total. The molecule has 2 aromatic carbocycles. The van der Waals surface area contributed by atoms with Gasteiger partial charge in [0.25, 0.3) is 0 Å². The van der Waals surface area contributed by atoms with Gasteiger partial charge in [0.2, 0.25) is 0 Å². The van der Waals surface area contributed by atoms with Crippen LogP contribution in [0.25, 0.3) is 0 Å². The van der Waals surface area contributed by atoms with E-state index in [9.17, 15) is 0 Å². The van der Waals surface area contributed by atoms with Gasteiger partial charge in [0.1, 0.15) is 0 Å². The van der Waals surface area contributed by atoms with Gasteiger partial charge in [0, 0.05) is 23.6 Å². The van der Waals surface area contributed by atoms with Crippen LogP contribution in [0.15, 0.2) is 59.1 Å². The summed E-state index contributed by atoms with van der Waals surface area (Å²) in [6.07, 6.45) is 1.02. The zero-order chi connectivity index (χ0) is 15.1. The molecule has 0 saturated carbocycles. The van der Waals surface area contributed by atoms with Crippen molar-refractivity contribution in [2.45, 2.75) is 25.9 Å². The molecule has 0 aromatic heterocycles. The molecule has 0 radical (unpaired) electrons. The summed E-state index contributed by atoms with van der Waals surface area (Å²) in [4.78, 5) is 2.49. The minimum atomic E-state index is 0.370. The van der Waals surface area contributed by atoms with E-state index in [1.807, 2.05) is 0 Å². The van der Waals surface area contributed by atoms with Gasteiger partial charge in [-0.3, -0.25) is 4.90 Å². The zero-order valence-electron chi connectivity index (χ0n) is 12.5.